The lowest BCUT2D eigenvalue weighted by Gasteiger charge is -2.28. The van der Waals surface area contributed by atoms with Gasteiger partial charge in [0.25, 0.3) is 5.91 Å². The highest BCUT2D eigenvalue weighted by molar-refractivity contribution is 5.77. The first-order valence-electron chi connectivity index (χ1n) is 10.2. The summed E-state index contributed by atoms with van der Waals surface area (Å²) in [5.41, 5.74) is 2.22. The number of benzene rings is 1. The van der Waals surface area contributed by atoms with Crippen LogP contribution in [0, 0.1) is 20.8 Å². The van der Waals surface area contributed by atoms with Crippen molar-refractivity contribution >= 4 is 11.7 Å². The van der Waals surface area contributed by atoms with Crippen LogP contribution in [0.2, 0.25) is 0 Å². The number of aryl methyl sites for hydroxylation is 3. The molecule has 0 unspecified atom stereocenters. The summed E-state index contributed by atoms with van der Waals surface area (Å²) in [6.45, 7) is 8.62. The standard InChI is InChI=1S/C22H30N4O3/c1-16-11-17(2)13-19(12-16)29-15-21(27)23-7-10-28-22-14-20(24-18(3)25-22)26-8-5-4-6-9-26/h11-14H,4-10,15H2,1-3H3,(H,23,27). The van der Waals surface area contributed by atoms with E-state index in [2.05, 4.69) is 26.3 Å². The zero-order chi connectivity index (χ0) is 20.6. The summed E-state index contributed by atoms with van der Waals surface area (Å²) < 4.78 is 11.3. The molecule has 0 spiro atoms. The van der Waals surface area contributed by atoms with E-state index in [0.717, 1.165) is 30.0 Å². The Kier molecular flexibility index (Phi) is 7.27. The number of amides is 1. The molecule has 2 aromatic rings. The van der Waals surface area contributed by atoms with Gasteiger partial charge < -0.3 is 19.7 Å². The van der Waals surface area contributed by atoms with Gasteiger partial charge >= 0.3 is 0 Å². The van der Waals surface area contributed by atoms with E-state index in [0.29, 0.717) is 30.6 Å². The smallest absolute Gasteiger partial charge is 0.258 e. The number of nitrogens with zero attached hydrogens (tertiary/aromatic N) is 3. The lowest BCUT2D eigenvalue weighted by molar-refractivity contribution is -0.123. The Hall–Kier alpha value is -2.83. The Labute approximate surface area is 172 Å². The molecule has 156 valence electrons. The van der Waals surface area contributed by atoms with Crippen LogP contribution in [-0.4, -0.2) is 48.7 Å². The van der Waals surface area contributed by atoms with Crippen LogP contribution in [0.15, 0.2) is 24.3 Å². The maximum absolute atomic E-state index is 12.0. The molecular weight excluding hydrogens is 368 g/mol. The zero-order valence-corrected chi connectivity index (χ0v) is 17.5. The van der Waals surface area contributed by atoms with Gasteiger partial charge in [-0.3, -0.25) is 4.79 Å². The lowest BCUT2D eigenvalue weighted by atomic mass is 10.1. The van der Waals surface area contributed by atoms with E-state index in [9.17, 15) is 4.79 Å². The van der Waals surface area contributed by atoms with Gasteiger partial charge in [0.05, 0.1) is 6.54 Å². The predicted molar refractivity (Wildman–Crippen MR) is 113 cm³/mol. The third-order valence-electron chi connectivity index (χ3n) is 4.72. The van der Waals surface area contributed by atoms with Crippen molar-refractivity contribution in [3.63, 3.8) is 0 Å². The highest BCUT2D eigenvalue weighted by Gasteiger charge is 2.14. The van der Waals surface area contributed by atoms with E-state index in [4.69, 9.17) is 9.47 Å². The first-order chi connectivity index (χ1) is 14.0. The minimum Gasteiger partial charge on any atom is -0.484 e. The Morgan fingerprint density at radius 1 is 1.00 bits per heavy atom. The largest absolute Gasteiger partial charge is 0.484 e. The second kappa shape index (κ2) is 10.1. The number of ether oxygens (including phenoxy) is 2. The molecule has 1 fully saturated rings. The summed E-state index contributed by atoms with van der Waals surface area (Å²) in [4.78, 5) is 23.1. The molecule has 7 heteroatoms. The number of carbonyl (C=O) groups is 1. The summed E-state index contributed by atoms with van der Waals surface area (Å²) in [7, 11) is 0. The molecule has 2 heterocycles. The van der Waals surface area contributed by atoms with Gasteiger partial charge in [-0.05, 0) is 63.3 Å². The van der Waals surface area contributed by atoms with E-state index >= 15 is 0 Å². The van der Waals surface area contributed by atoms with E-state index < -0.39 is 0 Å². The molecule has 1 aliphatic rings. The highest BCUT2D eigenvalue weighted by atomic mass is 16.5. The van der Waals surface area contributed by atoms with Crippen LogP contribution in [0.1, 0.15) is 36.2 Å². The first kappa shape index (κ1) is 20.9. The topological polar surface area (TPSA) is 76.6 Å². The number of hydrogen-bond acceptors (Lipinski definition) is 6. The summed E-state index contributed by atoms with van der Waals surface area (Å²) in [5, 5.41) is 2.80. The van der Waals surface area contributed by atoms with Crippen molar-refractivity contribution in [2.45, 2.75) is 40.0 Å². The Morgan fingerprint density at radius 2 is 1.72 bits per heavy atom. The van der Waals surface area contributed by atoms with Gasteiger partial charge in [0.1, 0.15) is 24.0 Å². The van der Waals surface area contributed by atoms with Gasteiger partial charge in [-0.1, -0.05) is 6.07 Å². The summed E-state index contributed by atoms with van der Waals surface area (Å²) >= 11 is 0. The monoisotopic (exact) mass is 398 g/mol. The summed E-state index contributed by atoms with van der Waals surface area (Å²) in [5.74, 6) is 2.67. The molecule has 1 N–H and O–H groups in total. The van der Waals surface area contributed by atoms with E-state index in [-0.39, 0.29) is 12.5 Å². The Balaban J connectivity index is 1.41. The number of rotatable bonds is 8. The van der Waals surface area contributed by atoms with Crippen LogP contribution in [0.5, 0.6) is 11.6 Å². The number of carbonyl (C=O) groups excluding carboxylic acids is 1. The molecule has 7 nitrogen and oxygen atoms in total. The molecule has 1 saturated heterocycles. The van der Waals surface area contributed by atoms with E-state index in [1.165, 1.54) is 19.3 Å². The fourth-order valence-electron chi connectivity index (χ4n) is 3.45. The van der Waals surface area contributed by atoms with Gasteiger partial charge in [-0.25, -0.2) is 4.98 Å². The molecule has 0 aliphatic carbocycles. The van der Waals surface area contributed by atoms with Crippen LogP contribution in [-0.2, 0) is 4.79 Å². The number of aromatic nitrogens is 2. The Bertz CT molecular complexity index is 815. The second-order valence-corrected chi connectivity index (χ2v) is 7.47. The first-order valence-corrected chi connectivity index (χ1v) is 10.2. The van der Waals surface area contributed by atoms with Gasteiger partial charge in [-0.15, -0.1) is 0 Å². The molecule has 0 saturated carbocycles. The fraction of sp³-hybridized carbons (Fsp3) is 0.500. The average molecular weight is 399 g/mol. The molecule has 1 aromatic heterocycles. The average Bonchev–Trinajstić information content (AvgIpc) is 2.69. The molecule has 1 amide bonds. The quantitative estimate of drug-likeness (QED) is 0.689. The van der Waals surface area contributed by atoms with Crippen LogP contribution >= 0.6 is 0 Å². The predicted octanol–water partition coefficient (Wildman–Crippen LogP) is 2.97. The number of anilines is 1. The molecule has 1 aromatic carbocycles. The number of nitrogens with one attached hydrogen (secondary N) is 1. The molecule has 0 radical (unpaired) electrons. The molecule has 1 aliphatic heterocycles. The molecule has 0 atom stereocenters. The fourth-order valence-corrected chi connectivity index (χ4v) is 3.45. The summed E-state index contributed by atoms with van der Waals surface area (Å²) in [6, 6.07) is 7.78. The minimum absolute atomic E-state index is 0.0192. The molecule has 3 rings (SSSR count). The minimum atomic E-state index is -0.180. The third kappa shape index (κ3) is 6.62. The van der Waals surface area contributed by atoms with Gasteiger partial charge in [0.15, 0.2) is 6.61 Å². The SMILES string of the molecule is Cc1cc(C)cc(OCC(=O)NCCOc2cc(N3CCCCC3)nc(C)n2)c1. The maximum atomic E-state index is 12.0. The van der Waals surface area contributed by atoms with Crippen molar-refractivity contribution in [3.8, 4) is 11.6 Å². The van der Waals surface area contributed by atoms with Gasteiger partial charge in [0, 0.05) is 19.2 Å². The van der Waals surface area contributed by atoms with E-state index in [1.807, 2.05) is 39.0 Å². The second-order valence-electron chi connectivity index (χ2n) is 7.47. The molecule has 29 heavy (non-hydrogen) atoms. The summed E-state index contributed by atoms with van der Waals surface area (Å²) in [6.07, 6.45) is 3.65. The molecule has 0 bridgehead atoms. The normalized spacial score (nSPS) is 13.8. The lowest BCUT2D eigenvalue weighted by Crippen LogP contribution is -2.32. The van der Waals surface area contributed by atoms with Crippen LogP contribution < -0.4 is 19.7 Å². The van der Waals surface area contributed by atoms with Crippen molar-refractivity contribution in [1.82, 2.24) is 15.3 Å². The maximum Gasteiger partial charge on any atom is 0.258 e. The van der Waals surface area contributed by atoms with Gasteiger partial charge in [0.2, 0.25) is 5.88 Å². The highest BCUT2D eigenvalue weighted by Crippen LogP contribution is 2.21. The zero-order valence-electron chi connectivity index (χ0n) is 17.5. The van der Waals surface area contributed by atoms with Crippen molar-refractivity contribution in [2.24, 2.45) is 0 Å². The van der Waals surface area contributed by atoms with Crippen molar-refractivity contribution in [2.75, 3.05) is 37.7 Å². The van der Waals surface area contributed by atoms with Crippen LogP contribution in [0.3, 0.4) is 0 Å². The third-order valence-corrected chi connectivity index (χ3v) is 4.72. The number of piperidine rings is 1. The number of hydrogen-bond donors (Lipinski definition) is 1. The van der Waals surface area contributed by atoms with E-state index in [1.54, 1.807) is 0 Å². The van der Waals surface area contributed by atoms with Crippen LogP contribution in [0.4, 0.5) is 5.82 Å². The van der Waals surface area contributed by atoms with Crippen molar-refractivity contribution in [1.29, 1.82) is 0 Å². The van der Waals surface area contributed by atoms with Crippen molar-refractivity contribution in [3.05, 3.63) is 41.2 Å². The van der Waals surface area contributed by atoms with Gasteiger partial charge in [-0.2, -0.15) is 4.98 Å². The van der Waals surface area contributed by atoms with Crippen LogP contribution in [0.25, 0.3) is 0 Å². The van der Waals surface area contributed by atoms with Crippen molar-refractivity contribution < 1.29 is 14.3 Å². The Morgan fingerprint density at radius 3 is 2.45 bits per heavy atom. The molecular formula is C22H30N4O3.